The number of benzene rings is 6. The van der Waals surface area contributed by atoms with E-state index in [0.29, 0.717) is 0 Å². The van der Waals surface area contributed by atoms with E-state index in [1.165, 1.54) is 81.0 Å². The van der Waals surface area contributed by atoms with Crippen molar-refractivity contribution in [2.45, 2.75) is 12.8 Å². The molecule has 1 nitrogen and oxygen atoms in total. The molecular weight excluding hydrogens is 502 g/mol. The molecule has 0 aliphatic heterocycles. The van der Waals surface area contributed by atoms with E-state index in [9.17, 15) is 0 Å². The maximum atomic E-state index is 2.47. The largest absolute Gasteiger partial charge is 0.309 e. The highest BCUT2D eigenvalue weighted by atomic mass is 32.1. The Bertz CT molecular complexity index is 2210. The van der Waals surface area contributed by atoms with Crippen molar-refractivity contribution < 1.29 is 0 Å². The highest BCUT2D eigenvalue weighted by molar-refractivity contribution is 7.26. The summed E-state index contributed by atoms with van der Waals surface area (Å²) in [4.78, 5) is 0. The van der Waals surface area contributed by atoms with Gasteiger partial charge in [-0.2, -0.15) is 0 Å². The first-order chi connectivity index (χ1) is 19.8. The lowest BCUT2D eigenvalue weighted by Crippen LogP contribution is -2.03. The number of nitrogens with zero attached hydrogens (tertiary/aromatic N) is 1. The van der Waals surface area contributed by atoms with Gasteiger partial charge in [-0.3, -0.25) is 0 Å². The van der Waals surface area contributed by atoms with Gasteiger partial charge in [-0.05, 0) is 82.6 Å². The normalized spacial score (nSPS) is 12.8. The molecule has 0 saturated carbocycles. The molecule has 0 fully saturated rings. The van der Waals surface area contributed by atoms with Crippen molar-refractivity contribution in [3.63, 3.8) is 0 Å². The molecule has 0 bridgehead atoms. The molecule has 2 aromatic heterocycles. The molecule has 0 radical (unpaired) electrons. The first-order valence-electron chi connectivity index (χ1n) is 14.0. The minimum absolute atomic E-state index is 1.11. The van der Waals surface area contributed by atoms with Crippen LogP contribution in [0.3, 0.4) is 0 Å². The minimum Gasteiger partial charge on any atom is -0.309 e. The van der Waals surface area contributed by atoms with Crippen LogP contribution in [0.1, 0.15) is 11.1 Å². The second kappa shape index (κ2) is 8.42. The predicted molar refractivity (Wildman–Crippen MR) is 172 cm³/mol. The number of rotatable bonds is 2. The van der Waals surface area contributed by atoms with Crippen LogP contribution in [0.15, 0.2) is 127 Å². The third kappa shape index (κ3) is 3.14. The lowest BCUT2D eigenvalue weighted by molar-refractivity contribution is 0.944. The fourth-order valence-corrected chi connectivity index (χ4v) is 8.09. The van der Waals surface area contributed by atoms with Crippen LogP contribution in [-0.2, 0) is 12.8 Å². The van der Waals surface area contributed by atoms with E-state index >= 15 is 0 Å². The molecule has 8 aromatic rings. The van der Waals surface area contributed by atoms with Gasteiger partial charge < -0.3 is 4.57 Å². The van der Waals surface area contributed by atoms with Crippen molar-refractivity contribution in [1.82, 2.24) is 4.57 Å². The van der Waals surface area contributed by atoms with Gasteiger partial charge in [-0.25, -0.2) is 0 Å². The Hall–Kier alpha value is -4.66. The smallest absolute Gasteiger partial charge is 0.0541 e. The van der Waals surface area contributed by atoms with Crippen LogP contribution < -0.4 is 0 Å². The van der Waals surface area contributed by atoms with Crippen molar-refractivity contribution in [3.8, 4) is 27.9 Å². The van der Waals surface area contributed by atoms with Gasteiger partial charge in [0.25, 0.3) is 0 Å². The molecule has 0 N–H and O–H groups in total. The van der Waals surface area contributed by atoms with Crippen LogP contribution in [0.5, 0.6) is 0 Å². The Morgan fingerprint density at radius 1 is 0.475 bits per heavy atom. The summed E-state index contributed by atoms with van der Waals surface area (Å²) in [6.07, 6.45) is 2.24. The average molecular weight is 528 g/mol. The molecule has 0 saturated heterocycles. The van der Waals surface area contributed by atoms with E-state index in [1.54, 1.807) is 0 Å². The molecule has 1 aliphatic carbocycles. The average Bonchev–Trinajstić information content (AvgIpc) is 3.55. The van der Waals surface area contributed by atoms with E-state index in [0.717, 1.165) is 12.8 Å². The van der Waals surface area contributed by atoms with Gasteiger partial charge in [-0.1, -0.05) is 91.0 Å². The maximum Gasteiger partial charge on any atom is 0.0541 e. The summed E-state index contributed by atoms with van der Waals surface area (Å²) in [6, 6.07) is 47.2. The van der Waals surface area contributed by atoms with Gasteiger partial charge in [0, 0.05) is 36.6 Å². The van der Waals surface area contributed by atoms with Crippen molar-refractivity contribution in [2.75, 3.05) is 0 Å². The lowest BCUT2D eigenvalue weighted by Gasteiger charge is -2.19. The van der Waals surface area contributed by atoms with Crippen LogP contribution in [0.4, 0.5) is 0 Å². The summed E-state index contributed by atoms with van der Waals surface area (Å²) in [6.45, 7) is 0. The standard InChI is InChI=1S/C38H25NS/c1-2-9-28-24(8-1)16-17-26-22-34-32-13-7-12-29(38(32)40-37(34)23-33(26)28)25-18-20-27(21-19-25)39-35-14-5-3-10-30(35)31-11-4-6-15-36(31)39/h1-15,18-23H,16-17H2. The maximum absolute atomic E-state index is 2.47. The number of thiophene rings is 1. The quantitative estimate of drug-likeness (QED) is 0.211. The monoisotopic (exact) mass is 527 g/mol. The molecule has 0 unspecified atom stereocenters. The fraction of sp³-hybridized carbons (Fsp3) is 0.0526. The van der Waals surface area contributed by atoms with Crippen LogP contribution in [0.2, 0.25) is 0 Å². The topological polar surface area (TPSA) is 4.93 Å². The molecule has 6 aromatic carbocycles. The van der Waals surface area contributed by atoms with E-state index in [1.807, 2.05) is 11.3 Å². The molecule has 0 atom stereocenters. The summed E-state index contributed by atoms with van der Waals surface area (Å²) in [5.74, 6) is 0. The first kappa shape index (κ1) is 22.2. The predicted octanol–water partition coefficient (Wildman–Crippen LogP) is 10.6. The van der Waals surface area contributed by atoms with E-state index in [-0.39, 0.29) is 0 Å². The zero-order valence-electron chi connectivity index (χ0n) is 21.9. The van der Waals surface area contributed by atoms with Gasteiger partial charge in [-0.15, -0.1) is 11.3 Å². The van der Waals surface area contributed by atoms with Crippen molar-refractivity contribution in [2.24, 2.45) is 0 Å². The van der Waals surface area contributed by atoms with E-state index < -0.39 is 0 Å². The third-order valence-electron chi connectivity index (χ3n) is 8.71. The Morgan fingerprint density at radius 2 is 1.12 bits per heavy atom. The number of fused-ring (bicyclic) bond motifs is 9. The molecule has 188 valence electrons. The molecule has 0 spiro atoms. The van der Waals surface area contributed by atoms with Gasteiger partial charge >= 0.3 is 0 Å². The van der Waals surface area contributed by atoms with Crippen molar-refractivity contribution in [1.29, 1.82) is 0 Å². The molecule has 0 amide bonds. The summed E-state index contributed by atoms with van der Waals surface area (Å²) >= 11 is 1.93. The molecule has 40 heavy (non-hydrogen) atoms. The third-order valence-corrected chi connectivity index (χ3v) is 9.91. The second-order valence-corrected chi connectivity index (χ2v) is 11.9. The van der Waals surface area contributed by atoms with Crippen LogP contribution >= 0.6 is 11.3 Å². The minimum atomic E-state index is 1.11. The summed E-state index contributed by atoms with van der Waals surface area (Å²) < 4.78 is 5.13. The van der Waals surface area contributed by atoms with Gasteiger partial charge in [0.15, 0.2) is 0 Å². The summed E-state index contributed by atoms with van der Waals surface area (Å²) in [7, 11) is 0. The second-order valence-electron chi connectivity index (χ2n) is 10.9. The summed E-state index contributed by atoms with van der Waals surface area (Å²) in [5.41, 5.74) is 12.0. The van der Waals surface area contributed by atoms with Crippen LogP contribution in [0.25, 0.3) is 69.9 Å². The van der Waals surface area contributed by atoms with Crippen molar-refractivity contribution >= 4 is 53.3 Å². The van der Waals surface area contributed by atoms with Crippen molar-refractivity contribution in [3.05, 3.63) is 139 Å². The highest BCUT2D eigenvalue weighted by Crippen LogP contribution is 2.44. The first-order valence-corrected chi connectivity index (χ1v) is 14.8. The van der Waals surface area contributed by atoms with E-state index in [2.05, 4.69) is 132 Å². The molecular formula is C38H25NS. The number of hydrogen-bond acceptors (Lipinski definition) is 1. The molecule has 9 rings (SSSR count). The highest BCUT2D eigenvalue weighted by Gasteiger charge is 2.19. The SMILES string of the molecule is c1ccc2c(c1)CCc1cc3c(cc1-2)sc1c(-c2ccc(-n4c5ccccc5c5ccccc54)cc2)cccc13. The number of aryl methyl sites for hydroxylation is 2. The Kier molecular flexibility index (Phi) is 4.67. The summed E-state index contributed by atoms with van der Waals surface area (Å²) in [5, 5.41) is 5.34. The lowest BCUT2D eigenvalue weighted by atomic mass is 9.85. The number of hydrogen-bond donors (Lipinski definition) is 0. The van der Waals surface area contributed by atoms with Crippen LogP contribution in [0, 0.1) is 0 Å². The van der Waals surface area contributed by atoms with Gasteiger partial charge in [0.05, 0.1) is 11.0 Å². The van der Waals surface area contributed by atoms with Gasteiger partial charge in [0.2, 0.25) is 0 Å². The molecule has 2 heterocycles. The fourth-order valence-electron chi connectivity index (χ4n) is 6.83. The number of para-hydroxylation sites is 2. The zero-order chi connectivity index (χ0) is 26.2. The van der Waals surface area contributed by atoms with Crippen LogP contribution in [-0.4, -0.2) is 4.57 Å². The number of aromatic nitrogens is 1. The van der Waals surface area contributed by atoms with E-state index in [4.69, 9.17) is 0 Å². The Morgan fingerprint density at radius 3 is 1.93 bits per heavy atom. The van der Waals surface area contributed by atoms with Gasteiger partial charge in [0.1, 0.15) is 0 Å². The molecule has 2 heteroatoms. The molecule has 1 aliphatic rings. The zero-order valence-corrected chi connectivity index (χ0v) is 22.7. The Labute approximate surface area is 236 Å². The Balaban J connectivity index is 1.19.